The summed E-state index contributed by atoms with van der Waals surface area (Å²) < 4.78 is 12.0. The summed E-state index contributed by atoms with van der Waals surface area (Å²) in [5.74, 6) is 1.48. The van der Waals surface area contributed by atoms with E-state index >= 15 is 0 Å². The van der Waals surface area contributed by atoms with Crippen molar-refractivity contribution in [2.45, 2.75) is 6.10 Å². The van der Waals surface area contributed by atoms with Gasteiger partial charge in [-0.2, -0.15) is 5.10 Å². The molecule has 6 nitrogen and oxygen atoms in total. The van der Waals surface area contributed by atoms with Crippen LogP contribution in [0.4, 0.5) is 5.82 Å². The summed E-state index contributed by atoms with van der Waals surface area (Å²) in [6.45, 7) is 0. The molecule has 102 valence electrons. The smallest absolute Gasteiger partial charge is 0.128 e. The van der Waals surface area contributed by atoms with Crippen molar-refractivity contribution in [2.75, 3.05) is 20.0 Å². The number of nitrogens with two attached hydrogens (primary N) is 1. The van der Waals surface area contributed by atoms with Gasteiger partial charge >= 0.3 is 0 Å². The van der Waals surface area contributed by atoms with Crippen LogP contribution in [0, 0.1) is 0 Å². The molecule has 0 fully saturated rings. The second kappa shape index (κ2) is 5.19. The molecular weight excluding hydrogens is 246 g/mol. The molecule has 1 aromatic carbocycles. The molecule has 0 saturated heterocycles. The summed E-state index contributed by atoms with van der Waals surface area (Å²) in [7, 11) is 4.79. The molecule has 1 aromatic heterocycles. The first-order chi connectivity index (χ1) is 9.10. The maximum absolute atomic E-state index is 10.5. The third-order valence-corrected chi connectivity index (χ3v) is 3.05. The van der Waals surface area contributed by atoms with Crippen LogP contribution in [0.2, 0.25) is 0 Å². The Labute approximate surface area is 111 Å². The molecule has 0 amide bonds. The first-order valence-electron chi connectivity index (χ1n) is 5.76. The summed E-state index contributed by atoms with van der Waals surface area (Å²) in [4.78, 5) is 0. The molecule has 1 unspecified atom stereocenters. The Bertz CT molecular complexity index is 558. The van der Waals surface area contributed by atoms with Gasteiger partial charge in [-0.1, -0.05) is 6.07 Å². The SMILES string of the molecule is COc1cccc(OC)c1C(O)c1cnn(C)c1N. The minimum atomic E-state index is -0.959. The number of hydrogen-bond donors (Lipinski definition) is 2. The van der Waals surface area contributed by atoms with E-state index in [9.17, 15) is 5.11 Å². The Hall–Kier alpha value is -2.21. The van der Waals surface area contributed by atoms with E-state index in [2.05, 4.69) is 5.10 Å². The minimum absolute atomic E-state index is 0.403. The predicted octanol–water partition coefficient (Wildman–Crippen LogP) is 1.10. The Kier molecular flexibility index (Phi) is 3.62. The third-order valence-electron chi connectivity index (χ3n) is 3.05. The molecule has 3 N–H and O–H groups in total. The lowest BCUT2D eigenvalue weighted by Gasteiger charge is -2.17. The number of nitrogens with zero attached hydrogens (tertiary/aromatic N) is 2. The van der Waals surface area contributed by atoms with Crippen LogP contribution in [0.5, 0.6) is 11.5 Å². The largest absolute Gasteiger partial charge is 0.496 e. The van der Waals surface area contributed by atoms with Gasteiger partial charge < -0.3 is 20.3 Å². The number of aliphatic hydroxyl groups excluding tert-OH is 1. The molecule has 0 aliphatic rings. The second-order valence-electron chi connectivity index (χ2n) is 4.09. The van der Waals surface area contributed by atoms with Crippen molar-refractivity contribution in [1.82, 2.24) is 9.78 Å². The summed E-state index contributed by atoms with van der Waals surface area (Å²) in [6, 6.07) is 5.31. The number of rotatable bonds is 4. The van der Waals surface area contributed by atoms with E-state index in [1.54, 1.807) is 25.2 Å². The molecule has 1 heterocycles. The van der Waals surface area contributed by atoms with Crippen molar-refractivity contribution >= 4 is 5.82 Å². The zero-order valence-corrected chi connectivity index (χ0v) is 11.1. The van der Waals surface area contributed by atoms with Crippen LogP contribution in [0.25, 0.3) is 0 Å². The fourth-order valence-corrected chi connectivity index (χ4v) is 1.98. The number of methoxy groups -OCH3 is 2. The molecule has 0 saturated carbocycles. The monoisotopic (exact) mass is 263 g/mol. The number of ether oxygens (including phenoxy) is 2. The number of benzene rings is 1. The number of anilines is 1. The van der Waals surface area contributed by atoms with E-state index in [4.69, 9.17) is 15.2 Å². The molecule has 1 atom stereocenters. The van der Waals surface area contributed by atoms with Gasteiger partial charge in [0.05, 0.1) is 26.0 Å². The zero-order chi connectivity index (χ0) is 14.0. The lowest BCUT2D eigenvalue weighted by atomic mass is 10.0. The number of aromatic nitrogens is 2. The van der Waals surface area contributed by atoms with Gasteiger partial charge in [-0.05, 0) is 12.1 Å². The van der Waals surface area contributed by atoms with E-state index in [0.29, 0.717) is 28.4 Å². The average Bonchev–Trinajstić information content (AvgIpc) is 2.77. The molecule has 0 radical (unpaired) electrons. The topological polar surface area (TPSA) is 82.5 Å². The fraction of sp³-hybridized carbons (Fsp3) is 0.308. The molecule has 0 aliphatic heterocycles. The van der Waals surface area contributed by atoms with Crippen molar-refractivity contribution in [1.29, 1.82) is 0 Å². The fourth-order valence-electron chi connectivity index (χ4n) is 1.98. The van der Waals surface area contributed by atoms with Gasteiger partial charge in [0, 0.05) is 12.6 Å². The van der Waals surface area contributed by atoms with Gasteiger partial charge in [0.2, 0.25) is 0 Å². The van der Waals surface area contributed by atoms with E-state index in [1.165, 1.54) is 25.1 Å². The van der Waals surface area contributed by atoms with Gasteiger partial charge in [0.15, 0.2) is 0 Å². The standard InChI is InChI=1S/C13H17N3O3/c1-16-13(14)8(7-15-16)12(17)11-9(18-2)5-4-6-10(11)19-3/h4-7,12,17H,14H2,1-3H3. The maximum Gasteiger partial charge on any atom is 0.128 e. The summed E-state index contributed by atoms with van der Waals surface area (Å²) in [6.07, 6.45) is 0.575. The van der Waals surface area contributed by atoms with Crippen LogP contribution in [0.15, 0.2) is 24.4 Å². The summed E-state index contributed by atoms with van der Waals surface area (Å²) in [5.41, 5.74) is 6.94. The molecule has 0 bridgehead atoms. The van der Waals surface area contributed by atoms with Gasteiger partial charge in [0.1, 0.15) is 23.4 Å². The first kappa shape index (κ1) is 13.2. The molecular formula is C13H17N3O3. The van der Waals surface area contributed by atoms with Crippen LogP contribution < -0.4 is 15.2 Å². The number of aryl methyl sites for hydroxylation is 1. The molecule has 2 rings (SSSR count). The Morgan fingerprint density at radius 1 is 1.26 bits per heavy atom. The van der Waals surface area contributed by atoms with E-state index in [0.717, 1.165) is 0 Å². The van der Waals surface area contributed by atoms with Gasteiger partial charge in [-0.25, -0.2) is 0 Å². The van der Waals surface area contributed by atoms with Gasteiger partial charge in [-0.15, -0.1) is 0 Å². The third kappa shape index (κ3) is 2.22. The predicted molar refractivity (Wildman–Crippen MR) is 71.2 cm³/mol. The van der Waals surface area contributed by atoms with E-state index in [1.807, 2.05) is 0 Å². The highest BCUT2D eigenvalue weighted by molar-refractivity contribution is 5.53. The van der Waals surface area contributed by atoms with Crippen molar-refractivity contribution < 1.29 is 14.6 Å². The van der Waals surface area contributed by atoms with Crippen LogP contribution >= 0.6 is 0 Å². The molecule has 19 heavy (non-hydrogen) atoms. The van der Waals surface area contributed by atoms with Gasteiger partial charge in [-0.3, -0.25) is 4.68 Å². The zero-order valence-electron chi connectivity index (χ0n) is 11.1. The lowest BCUT2D eigenvalue weighted by molar-refractivity contribution is 0.209. The first-order valence-corrected chi connectivity index (χ1v) is 5.76. The van der Waals surface area contributed by atoms with E-state index < -0.39 is 6.10 Å². The maximum atomic E-state index is 10.5. The van der Waals surface area contributed by atoms with Crippen molar-refractivity contribution in [2.24, 2.45) is 7.05 Å². The molecule has 0 spiro atoms. The molecule has 6 heteroatoms. The van der Waals surface area contributed by atoms with Crippen molar-refractivity contribution in [3.63, 3.8) is 0 Å². The number of hydrogen-bond acceptors (Lipinski definition) is 5. The lowest BCUT2D eigenvalue weighted by Crippen LogP contribution is -2.07. The van der Waals surface area contributed by atoms with Crippen LogP contribution in [-0.2, 0) is 7.05 Å². The number of aliphatic hydroxyl groups is 1. The van der Waals surface area contributed by atoms with Crippen LogP contribution in [-0.4, -0.2) is 29.1 Å². The average molecular weight is 263 g/mol. The quantitative estimate of drug-likeness (QED) is 0.863. The van der Waals surface area contributed by atoms with Gasteiger partial charge in [0.25, 0.3) is 0 Å². The molecule has 0 aliphatic carbocycles. The normalized spacial score (nSPS) is 12.2. The summed E-state index contributed by atoms with van der Waals surface area (Å²) >= 11 is 0. The Balaban J connectivity index is 2.54. The second-order valence-corrected chi connectivity index (χ2v) is 4.09. The Morgan fingerprint density at radius 3 is 2.26 bits per heavy atom. The minimum Gasteiger partial charge on any atom is -0.496 e. The van der Waals surface area contributed by atoms with Crippen molar-refractivity contribution in [3.05, 3.63) is 35.5 Å². The Morgan fingerprint density at radius 2 is 1.84 bits per heavy atom. The van der Waals surface area contributed by atoms with Crippen molar-refractivity contribution in [3.8, 4) is 11.5 Å². The van der Waals surface area contributed by atoms with Crippen LogP contribution in [0.3, 0.4) is 0 Å². The molecule has 2 aromatic rings. The summed E-state index contributed by atoms with van der Waals surface area (Å²) in [5, 5.41) is 14.5. The van der Waals surface area contributed by atoms with Crippen LogP contribution in [0.1, 0.15) is 17.2 Å². The highest BCUT2D eigenvalue weighted by Gasteiger charge is 2.23. The number of nitrogen functional groups attached to an aromatic ring is 1. The van der Waals surface area contributed by atoms with E-state index in [-0.39, 0.29) is 0 Å². The highest BCUT2D eigenvalue weighted by Crippen LogP contribution is 2.38. The highest BCUT2D eigenvalue weighted by atomic mass is 16.5.